The van der Waals surface area contributed by atoms with Crippen LogP contribution in [0.1, 0.15) is 10.4 Å². The largest absolute Gasteiger partial charge is 0.298 e. The lowest BCUT2D eigenvalue weighted by Crippen LogP contribution is -2.05. The molecule has 0 unspecified atom stereocenters. The van der Waals surface area contributed by atoms with Crippen molar-refractivity contribution in [3.8, 4) is 0 Å². The Bertz CT molecular complexity index is 719. The van der Waals surface area contributed by atoms with Gasteiger partial charge in [0.05, 0.1) is 10.6 Å². The summed E-state index contributed by atoms with van der Waals surface area (Å²) in [4.78, 5) is 11.1. The van der Waals surface area contributed by atoms with Gasteiger partial charge in [0.1, 0.15) is 0 Å². The zero-order valence-corrected chi connectivity index (χ0v) is 8.91. The maximum absolute atomic E-state index is 11.7. The zero-order valence-electron chi connectivity index (χ0n) is 8.10. The van der Waals surface area contributed by atoms with Crippen molar-refractivity contribution in [1.82, 2.24) is 0 Å². The summed E-state index contributed by atoms with van der Waals surface area (Å²) in [6.45, 7) is 0. The molecule has 0 fully saturated rings. The molecule has 0 aromatic heterocycles. The Balaban J connectivity index is 2.60. The third-order valence-corrected chi connectivity index (χ3v) is 4.10. The molecule has 80 valence electrons. The quantitative estimate of drug-likeness (QED) is 0.763. The molecule has 1 aliphatic heterocycles. The molecule has 5 heteroatoms. The van der Waals surface area contributed by atoms with Crippen molar-refractivity contribution in [3.63, 3.8) is 0 Å². The highest BCUT2D eigenvalue weighted by atomic mass is 32.2. The van der Waals surface area contributed by atoms with Crippen molar-refractivity contribution in [1.29, 1.82) is 0 Å². The molecular weight excluding hydrogens is 226 g/mol. The lowest BCUT2D eigenvalue weighted by atomic mass is 10.0. The summed E-state index contributed by atoms with van der Waals surface area (Å²) < 4.78 is 25.9. The van der Waals surface area contributed by atoms with E-state index in [0.717, 1.165) is 6.29 Å². The monoisotopic (exact) mass is 233 g/mol. The predicted octanol–water partition coefficient (Wildman–Crippen LogP) is 1.77. The van der Waals surface area contributed by atoms with Gasteiger partial charge in [0.25, 0.3) is 10.0 Å². The van der Waals surface area contributed by atoms with Crippen LogP contribution >= 0.6 is 0 Å². The van der Waals surface area contributed by atoms with E-state index < -0.39 is 10.0 Å². The third kappa shape index (κ3) is 1.03. The van der Waals surface area contributed by atoms with Gasteiger partial charge in [-0.3, -0.25) is 9.52 Å². The van der Waals surface area contributed by atoms with E-state index in [1.165, 1.54) is 12.1 Å². The number of hydrogen-bond acceptors (Lipinski definition) is 3. The maximum Gasteiger partial charge on any atom is 0.262 e. The van der Waals surface area contributed by atoms with Gasteiger partial charge in [0, 0.05) is 10.9 Å². The number of aldehydes is 1. The number of sulfonamides is 1. The molecule has 0 saturated carbocycles. The number of hydrogen-bond donors (Lipinski definition) is 1. The van der Waals surface area contributed by atoms with Crippen LogP contribution in [0.4, 0.5) is 5.69 Å². The second-order valence-corrected chi connectivity index (χ2v) is 5.26. The van der Waals surface area contributed by atoms with Crippen LogP contribution in [0.3, 0.4) is 0 Å². The summed E-state index contributed by atoms with van der Waals surface area (Å²) in [5.41, 5.74) is 1.04. The molecular formula is C11H7NO3S. The van der Waals surface area contributed by atoms with Crippen LogP contribution in [0.25, 0.3) is 10.8 Å². The highest BCUT2D eigenvalue weighted by Gasteiger charge is 2.27. The first-order valence-corrected chi connectivity index (χ1v) is 6.15. The summed E-state index contributed by atoms with van der Waals surface area (Å²) in [6, 6.07) is 8.14. The van der Waals surface area contributed by atoms with Crippen molar-refractivity contribution in [2.24, 2.45) is 0 Å². The number of nitrogens with one attached hydrogen (secondary N) is 1. The molecule has 4 nitrogen and oxygen atoms in total. The van der Waals surface area contributed by atoms with Crippen LogP contribution in [-0.4, -0.2) is 14.7 Å². The highest BCUT2D eigenvalue weighted by Crippen LogP contribution is 2.38. The van der Waals surface area contributed by atoms with E-state index in [-0.39, 0.29) is 4.90 Å². The molecule has 0 radical (unpaired) electrons. The van der Waals surface area contributed by atoms with Crippen LogP contribution in [0, 0.1) is 0 Å². The van der Waals surface area contributed by atoms with Crippen molar-refractivity contribution >= 4 is 32.8 Å². The third-order valence-electron chi connectivity index (χ3n) is 2.70. The van der Waals surface area contributed by atoms with Gasteiger partial charge in [-0.2, -0.15) is 0 Å². The Morgan fingerprint density at radius 2 is 1.94 bits per heavy atom. The Labute approximate surface area is 91.9 Å². The fraction of sp³-hybridized carbons (Fsp3) is 0. The molecule has 1 N–H and O–H groups in total. The van der Waals surface area contributed by atoms with Crippen LogP contribution < -0.4 is 4.72 Å². The van der Waals surface area contributed by atoms with E-state index in [1.807, 2.05) is 0 Å². The zero-order chi connectivity index (χ0) is 11.3. The average Bonchev–Trinajstić information content (AvgIpc) is 2.53. The van der Waals surface area contributed by atoms with E-state index in [1.54, 1.807) is 18.2 Å². The molecule has 1 aliphatic rings. The SMILES string of the molecule is O=Cc1ccc2c3c(cccc13)NS2(=O)=O. The molecule has 16 heavy (non-hydrogen) atoms. The molecule has 0 spiro atoms. The topological polar surface area (TPSA) is 63.2 Å². The van der Waals surface area contributed by atoms with E-state index in [4.69, 9.17) is 0 Å². The predicted molar refractivity (Wildman–Crippen MR) is 60.1 cm³/mol. The molecule has 2 aromatic rings. The van der Waals surface area contributed by atoms with Crippen molar-refractivity contribution in [3.05, 3.63) is 35.9 Å². The molecule has 0 atom stereocenters. The molecule has 2 aromatic carbocycles. The van der Waals surface area contributed by atoms with Gasteiger partial charge in [-0.1, -0.05) is 12.1 Å². The Hall–Kier alpha value is -1.88. The van der Waals surface area contributed by atoms with Crippen LogP contribution in [0.15, 0.2) is 35.2 Å². The smallest absolute Gasteiger partial charge is 0.262 e. The maximum atomic E-state index is 11.7. The fourth-order valence-corrected chi connectivity index (χ4v) is 3.31. The van der Waals surface area contributed by atoms with E-state index in [9.17, 15) is 13.2 Å². The van der Waals surface area contributed by atoms with Gasteiger partial charge in [-0.25, -0.2) is 8.42 Å². The number of carbonyl (C=O) groups is 1. The molecule has 0 aliphatic carbocycles. The number of benzene rings is 2. The second-order valence-electron chi connectivity index (χ2n) is 3.60. The molecule has 1 heterocycles. The minimum atomic E-state index is -3.45. The first kappa shape index (κ1) is 9.35. The van der Waals surface area contributed by atoms with Gasteiger partial charge < -0.3 is 0 Å². The van der Waals surface area contributed by atoms with Crippen molar-refractivity contribution in [2.75, 3.05) is 4.72 Å². The minimum absolute atomic E-state index is 0.240. The normalized spacial score (nSPS) is 16.0. The highest BCUT2D eigenvalue weighted by molar-refractivity contribution is 7.93. The molecule has 0 bridgehead atoms. The molecule has 0 amide bonds. The molecule has 3 rings (SSSR count). The van der Waals surface area contributed by atoms with Gasteiger partial charge in [-0.05, 0) is 23.6 Å². The van der Waals surface area contributed by atoms with Gasteiger partial charge in [0.15, 0.2) is 6.29 Å². The second kappa shape index (κ2) is 2.82. The Kier molecular flexibility index (Phi) is 1.65. The lowest BCUT2D eigenvalue weighted by Gasteiger charge is -2.00. The minimum Gasteiger partial charge on any atom is -0.298 e. The first-order valence-electron chi connectivity index (χ1n) is 4.67. The number of carbonyl (C=O) groups excluding carboxylic acids is 1. The Morgan fingerprint density at radius 3 is 2.69 bits per heavy atom. The van der Waals surface area contributed by atoms with Crippen LogP contribution in [0.5, 0.6) is 0 Å². The fourth-order valence-electron chi connectivity index (χ4n) is 2.01. The Morgan fingerprint density at radius 1 is 1.12 bits per heavy atom. The van der Waals surface area contributed by atoms with Gasteiger partial charge in [-0.15, -0.1) is 0 Å². The molecule has 0 saturated heterocycles. The van der Waals surface area contributed by atoms with E-state index in [0.29, 0.717) is 22.0 Å². The van der Waals surface area contributed by atoms with Crippen LogP contribution in [0.2, 0.25) is 0 Å². The van der Waals surface area contributed by atoms with Crippen molar-refractivity contribution in [2.45, 2.75) is 4.90 Å². The van der Waals surface area contributed by atoms with Gasteiger partial charge in [0.2, 0.25) is 0 Å². The van der Waals surface area contributed by atoms with E-state index in [2.05, 4.69) is 4.72 Å². The summed E-state index contributed by atoms with van der Waals surface area (Å²) in [7, 11) is -3.45. The summed E-state index contributed by atoms with van der Waals surface area (Å²) >= 11 is 0. The lowest BCUT2D eigenvalue weighted by molar-refractivity contribution is 0.112. The van der Waals surface area contributed by atoms with Crippen molar-refractivity contribution < 1.29 is 13.2 Å². The van der Waals surface area contributed by atoms with Gasteiger partial charge >= 0.3 is 0 Å². The van der Waals surface area contributed by atoms with E-state index >= 15 is 0 Å². The standard InChI is InChI=1S/C11H7NO3S/c13-6-7-4-5-10-11-8(7)2-1-3-9(11)12-16(10,14)15/h1-6,12H. The summed E-state index contributed by atoms with van der Waals surface area (Å²) in [5, 5.41) is 1.27. The number of anilines is 1. The van der Waals surface area contributed by atoms with Crippen LogP contribution in [-0.2, 0) is 10.0 Å². The number of rotatable bonds is 1. The first-order chi connectivity index (χ1) is 7.63. The summed E-state index contributed by atoms with van der Waals surface area (Å²) in [5.74, 6) is 0. The average molecular weight is 233 g/mol. The summed E-state index contributed by atoms with van der Waals surface area (Å²) in [6.07, 6.45) is 0.730.